The van der Waals surface area contributed by atoms with Crippen LogP contribution in [0.1, 0.15) is 62.7 Å². The first-order valence-electron chi connectivity index (χ1n) is 8.89. The van der Waals surface area contributed by atoms with Crippen LogP contribution in [0.15, 0.2) is 38.4 Å². The van der Waals surface area contributed by atoms with Gasteiger partial charge in [-0.15, -0.1) is 0 Å². The fraction of sp³-hybridized carbons (Fsp3) is 0.500. The second-order valence-electron chi connectivity index (χ2n) is 6.21. The molecular formula is C20H26INO3. The number of unbranched alkanes of at least 4 members (excludes halogenated alkanes) is 4. The Bertz CT molecular complexity index is 649. The first-order chi connectivity index (χ1) is 12.1. The highest BCUT2D eigenvalue weighted by atomic mass is 127. The Balaban J connectivity index is 2.07. The predicted molar refractivity (Wildman–Crippen MR) is 110 cm³/mol. The number of benzene rings is 1. The zero-order valence-corrected chi connectivity index (χ0v) is 17.3. The van der Waals surface area contributed by atoms with Gasteiger partial charge < -0.3 is 9.47 Å². The molecule has 4 nitrogen and oxygen atoms in total. The highest BCUT2D eigenvalue weighted by molar-refractivity contribution is 14.1. The molecule has 1 aromatic rings. The van der Waals surface area contributed by atoms with Crippen molar-refractivity contribution in [2.75, 3.05) is 7.11 Å². The van der Waals surface area contributed by atoms with Crippen molar-refractivity contribution in [3.8, 4) is 0 Å². The summed E-state index contributed by atoms with van der Waals surface area (Å²) in [4.78, 5) is 16.2. The number of aliphatic imine (C=N–C) groups is 1. The number of esters is 1. The second-order valence-corrected chi connectivity index (χ2v) is 7.37. The lowest BCUT2D eigenvalue weighted by molar-refractivity contribution is 0.0601. The molecule has 0 N–H and O–H groups in total. The number of ether oxygens (including phenoxy) is 2. The van der Waals surface area contributed by atoms with Gasteiger partial charge >= 0.3 is 5.97 Å². The van der Waals surface area contributed by atoms with E-state index < -0.39 is 0 Å². The molecule has 1 aliphatic heterocycles. The van der Waals surface area contributed by atoms with Crippen molar-refractivity contribution in [2.24, 2.45) is 4.99 Å². The average molecular weight is 455 g/mol. The number of nitrogens with zero attached hydrogens (tertiary/aromatic N) is 1. The summed E-state index contributed by atoms with van der Waals surface area (Å²) in [6.45, 7) is 4.29. The molecule has 0 saturated heterocycles. The third kappa shape index (κ3) is 5.56. The maximum atomic E-state index is 11.5. The molecule has 0 aliphatic carbocycles. The number of halogens is 1. The SMILES string of the molecule is CCCCCCCC1=C(I)C(C)OC1=Nc1ccc(C(=O)OC)cc1. The van der Waals surface area contributed by atoms with Crippen molar-refractivity contribution in [1.82, 2.24) is 0 Å². The number of rotatable bonds is 8. The Kier molecular flexibility index (Phi) is 7.93. The summed E-state index contributed by atoms with van der Waals surface area (Å²) in [6.07, 6.45) is 7.34. The summed E-state index contributed by atoms with van der Waals surface area (Å²) in [6, 6.07) is 7.08. The maximum Gasteiger partial charge on any atom is 0.337 e. The van der Waals surface area contributed by atoms with Gasteiger partial charge in [0.1, 0.15) is 6.10 Å². The molecule has 1 heterocycles. The van der Waals surface area contributed by atoms with Crippen molar-refractivity contribution in [3.05, 3.63) is 39.0 Å². The largest absolute Gasteiger partial charge is 0.469 e. The molecule has 1 aliphatic rings. The van der Waals surface area contributed by atoms with E-state index in [0.29, 0.717) is 5.56 Å². The lowest BCUT2D eigenvalue weighted by Crippen LogP contribution is -2.05. The molecule has 1 unspecified atom stereocenters. The molecule has 0 amide bonds. The number of methoxy groups -OCH3 is 1. The van der Waals surface area contributed by atoms with Gasteiger partial charge in [0.05, 0.1) is 18.4 Å². The van der Waals surface area contributed by atoms with Gasteiger partial charge in [0.15, 0.2) is 0 Å². The van der Waals surface area contributed by atoms with Crippen LogP contribution in [0.2, 0.25) is 0 Å². The van der Waals surface area contributed by atoms with Crippen LogP contribution >= 0.6 is 22.6 Å². The van der Waals surface area contributed by atoms with Crippen LogP contribution in [0.4, 0.5) is 5.69 Å². The number of hydrogen-bond donors (Lipinski definition) is 0. The Morgan fingerprint density at radius 3 is 2.52 bits per heavy atom. The Morgan fingerprint density at radius 1 is 1.20 bits per heavy atom. The zero-order valence-electron chi connectivity index (χ0n) is 15.2. The second kappa shape index (κ2) is 9.94. The Labute approximate surface area is 163 Å². The van der Waals surface area contributed by atoms with Crippen molar-refractivity contribution in [2.45, 2.75) is 58.5 Å². The Hall–Kier alpha value is -1.37. The molecule has 0 radical (unpaired) electrons. The van der Waals surface area contributed by atoms with Crippen LogP contribution in [0, 0.1) is 0 Å². The van der Waals surface area contributed by atoms with E-state index in [9.17, 15) is 4.79 Å². The smallest absolute Gasteiger partial charge is 0.337 e. The number of hydrogen-bond acceptors (Lipinski definition) is 4. The minimum atomic E-state index is -0.341. The minimum Gasteiger partial charge on any atom is -0.469 e. The Morgan fingerprint density at radius 2 is 1.88 bits per heavy atom. The van der Waals surface area contributed by atoms with E-state index in [2.05, 4.69) is 41.4 Å². The molecule has 0 aromatic heterocycles. The first kappa shape index (κ1) is 19.9. The number of carbonyl (C=O) groups is 1. The van der Waals surface area contributed by atoms with Gasteiger partial charge in [0.2, 0.25) is 5.90 Å². The van der Waals surface area contributed by atoms with Crippen molar-refractivity contribution >= 4 is 40.1 Å². The van der Waals surface area contributed by atoms with Gasteiger partial charge in [0, 0.05) is 9.15 Å². The van der Waals surface area contributed by atoms with Crippen LogP contribution in [0.25, 0.3) is 0 Å². The van der Waals surface area contributed by atoms with Crippen LogP contribution in [0.3, 0.4) is 0 Å². The molecular weight excluding hydrogens is 429 g/mol. The predicted octanol–water partition coefficient (Wildman–Crippen LogP) is 5.97. The average Bonchev–Trinajstić information content (AvgIpc) is 2.88. The van der Waals surface area contributed by atoms with E-state index in [1.165, 1.54) is 41.9 Å². The zero-order chi connectivity index (χ0) is 18.2. The van der Waals surface area contributed by atoms with Crippen LogP contribution in [-0.2, 0) is 9.47 Å². The van der Waals surface area contributed by atoms with Crippen LogP contribution < -0.4 is 0 Å². The minimum absolute atomic E-state index is 0.0688. The highest BCUT2D eigenvalue weighted by Gasteiger charge is 2.27. The van der Waals surface area contributed by atoms with Gasteiger partial charge in [-0.1, -0.05) is 32.6 Å². The normalized spacial score (nSPS) is 18.6. The summed E-state index contributed by atoms with van der Waals surface area (Å²) in [7, 11) is 1.38. The van der Waals surface area contributed by atoms with Crippen molar-refractivity contribution in [3.63, 3.8) is 0 Å². The lowest BCUT2D eigenvalue weighted by atomic mass is 10.1. The molecule has 0 bridgehead atoms. The van der Waals surface area contributed by atoms with Gasteiger partial charge in [-0.3, -0.25) is 0 Å². The topological polar surface area (TPSA) is 47.9 Å². The summed E-state index contributed by atoms with van der Waals surface area (Å²) in [5.74, 6) is 0.380. The fourth-order valence-electron chi connectivity index (χ4n) is 2.77. The van der Waals surface area contributed by atoms with E-state index in [4.69, 9.17) is 9.47 Å². The molecule has 0 fully saturated rings. The first-order valence-corrected chi connectivity index (χ1v) is 9.97. The molecule has 1 aromatic carbocycles. The van der Waals surface area contributed by atoms with Crippen LogP contribution in [0.5, 0.6) is 0 Å². The van der Waals surface area contributed by atoms with E-state index in [1.54, 1.807) is 12.1 Å². The summed E-state index contributed by atoms with van der Waals surface area (Å²) >= 11 is 2.38. The number of carbonyl (C=O) groups excluding carboxylic acids is 1. The van der Waals surface area contributed by atoms with E-state index in [0.717, 1.165) is 24.4 Å². The molecule has 0 saturated carbocycles. The molecule has 5 heteroatoms. The van der Waals surface area contributed by atoms with Gasteiger partial charge in [0.25, 0.3) is 0 Å². The van der Waals surface area contributed by atoms with Crippen molar-refractivity contribution in [1.29, 1.82) is 0 Å². The van der Waals surface area contributed by atoms with E-state index in [1.807, 2.05) is 12.1 Å². The van der Waals surface area contributed by atoms with Gasteiger partial charge in [-0.05, 0) is 66.6 Å². The fourth-order valence-corrected chi connectivity index (χ4v) is 3.40. The summed E-state index contributed by atoms with van der Waals surface area (Å²) < 4.78 is 11.9. The molecule has 1 atom stereocenters. The monoisotopic (exact) mass is 455 g/mol. The van der Waals surface area contributed by atoms with Crippen LogP contribution in [-0.4, -0.2) is 25.1 Å². The molecule has 136 valence electrons. The summed E-state index contributed by atoms with van der Waals surface area (Å²) in [5, 5.41) is 0. The molecule has 25 heavy (non-hydrogen) atoms. The quantitative estimate of drug-likeness (QED) is 0.276. The van der Waals surface area contributed by atoms with Crippen molar-refractivity contribution < 1.29 is 14.3 Å². The maximum absolute atomic E-state index is 11.5. The molecule has 0 spiro atoms. The molecule has 2 rings (SSSR count). The van der Waals surface area contributed by atoms with E-state index in [-0.39, 0.29) is 12.1 Å². The summed E-state index contributed by atoms with van der Waals surface area (Å²) in [5.41, 5.74) is 2.53. The van der Waals surface area contributed by atoms with Gasteiger partial charge in [-0.25, -0.2) is 9.79 Å². The van der Waals surface area contributed by atoms with Gasteiger partial charge in [-0.2, -0.15) is 0 Å². The highest BCUT2D eigenvalue weighted by Crippen LogP contribution is 2.33. The third-order valence-corrected chi connectivity index (χ3v) is 5.77. The lowest BCUT2D eigenvalue weighted by Gasteiger charge is -2.06. The third-order valence-electron chi connectivity index (χ3n) is 4.24. The van der Waals surface area contributed by atoms with E-state index >= 15 is 0 Å². The standard InChI is InChI=1S/C20H26INO3/c1-4-5-6-7-8-9-17-18(21)14(2)25-19(17)22-16-12-10-15(11-13-16)20(23)24-3/h10-14H,4-9H2,1-3H3.